The number of ether oxygens (including phenoxy) is 2. The van der Waals surface area contributed by atoms with Gasteiger partial charge in [-0.15, -0.1) is 0 Å². The van der Waals surface area contributed by atoms with Gasteiger partial charge in [-0.2, -0.15) is 18.3 Å². The third kappa shape index (κ3) is 4.63. The van der Waals surface area contributed by atoms with Crippen molar-refractivity contribution in [3.05, 3.63) is 53.0 Å². The van der Waals surface area contributed by atoms with Gasteiger partial charge in [0, 0.05) is 24.2 Å². The van der Waals surface area contributed by atoms with Gasteiger partial charge in [0.1, 0.15) is 5.69 Å². The van der Waals surface area contributed by atoms with E-state index in [0.29, 0.717) is 34.9 Å². The summed E-state index contributed by atoms with van der Waals surface area (Å²) in [4.78, 5) is 16.9. The number of amides is 1. The molecule has 0 aliphatic heterocycles. The third-order valence-electron chi connectivity index (χ3n) is 5.03. The fourth-order valence-corrected chi connectivity index (χ4v) is 3.37. The zero-order valence-corrected chi connectivity index (χ0v) is 17.7. The van der Waals surface area contributed by atoms with E-state index in [9.17, 15) is 18.0 Å². The minimum atomic E-state index is -4.61. The summed E-state index contributed by atoms with van der Waals surface area (Å²) in [6.07, 6.45) is -2.98. The zero-order valence-electron chi connectivity index (χ0n) is 17.7. The summed E-state index contributed by atoms with van der Waals surface area (Å²) in [7, 11) is 0. The molecule has 0 atom stereocenters. The molecule has 0 saturated heterocycles. The molecule has 2 heterocycles. The van der Waals surface area contributed by atoms with Gasteiger partial charge >= 0.3 is 6.18 Å². The van der Waals surface area contributed by atoms with Crippen molar-refractivity contribution < 1.29 is 27.4 Å². The summed E-state index contributed by atoms with van der Waals surface area (Å²) in [5.41, 5.74) is 0.0727. The Balaban J connectivity index is 1.55. The van der Waals surface area contributed by atoms with Crippen LogP contribution in [0.4, 0.5) is 13.2 Å². The van der Waals surface area contributed by atoms with Gasteiger partial charge in [-0.1, -0.05) is 6.07 Å². The Labute approximate surface area is 182 Å². The van der Waals surface area contributed by atoms with Crippen molar-refractivity contribution in [1.82, 2.24) is 19.9 Å². The lowest BCUT2D eigenvalue weighted by molar-refractivity contribution is -0.142. The predicted molar refractivity (Wildman–Crippen MR) is 110 cm³/mol. The average molecular weight is 448 g/mol. The summed E-state index contributed by atoms with van der Waals surface area (Å²) in [5, 5.41) is 6.56. The highest BCUT2D eigenvalue weighted by molar-refractivity contribution is 5.93. The highest BCUT2D eigenvalue weighted by Gasteiger charge is 2.37. The largest absolute Gasteiger partial charge is 0.490 e. The van der Waals surface area contributed by atoms with Crippen LogP contribution in [-0.4, -0.2) is 33.7 Å². The number of carbonyl (C=O) groups is 1. The SMILES string of the molecule is CCOc1ccc(CNC(=O)c2cc3nc(C4CC4)cc(C(F)(F)F)n3n2)cc1OCC. The molecule has 32 heavy (non-hydrogen) atoms. The molecule has 170 valence electrons. The second kappa shape index (κ2) is 8.68. The molecule has 1 N–H and O–H groups in total. The monoisotopic (exact) mass is 448 g/mol. The van der Waals surface area contributed by atoms with Crippen LogP contribution in [0.15, 0.2) is 30.3 Å². The summed E-state index contributed by atoms with van der Waals surface area (Å²) < 4.78 is 52.4. The first-order valence-corrected chi connectivity index (χ1v) is 10.4. The molecule has 7 nitrogen and oxygen atoms in total. The number of rotatable bonds is 8. The maximum Gasteiger partial charge on any atom is 0.433 e. The number of carbonyl (C=O) groups excluding carboxylic acids is 1. The molecule has 1 amide bonds. The average Bonchev–Trinajstić information content (AvgIpc) is 3.51. The highest BCUT2D eigenvalue weighted by atomic mass is 19.4. The lowest BCUT2D eigenvalue weighted by Crippen LogP contribution is -2.23. The van der Waals surface area contributed by atoms with Crippen molar-refractivity contribution in [3.8, 4) is 11.5 Å². The van der Waals surface area contributed by atoms with Crippen LogP contribution in [0.2, 0.25) is 0 Å². The molecule has 2 aromatic heterocycles. The number of nitrogens with one attached hydrogen (secondary N) is 1. The van der Waals surface area contributed by atoms with E-state index < -0.39 is 17.8 Å². The van der Waals surface area contributed by atoms with Crippen molar-refractivity contribution in [2.24, 2.45) is 0 Å². The maximum absolute atomic E-state index is 13.5. The van der Waals surface area contributed by atoms with Crippen LogP contribution in [0.5, 0.6) is 11.5 Å². The minimum absolute atomic E-state index is 0.00609. The van der Waals surface area contributed by atoms with Gasteiger partial charge in [0.25, 0.3) is 5.91 Å². The van der Waals surface area contributed by atoms with Crippen molar-refractivity contribution in [2.75, 3.05) is 13.2 Å². The Kier molecular flexibility index (Phi) is 5.94. The molecule has 1 aromatic carbocycles. The van der Waals surface area contributed by atoms with Crippen LogP contribution in [0.25, 0.3) is 5.65 Å². The number of hydrogen-bond acceptors (Lipinski definition) is 5. The quantitative estimate of drug-likeness (QED) is 0.554. The number of alkyl halides is 3. The Morgan fingerprint density at radius 2 is 1.84 bits per heavy atom. The number of fused-ring (bicyclic) bond motifs is 1. The Hall–Kier alpha value is -3.30. The Morgan fingerprint density at radius 3 is 2.50 bits per heavy atom. The van der Waals surface area contributed by atoms with Gasteiger partial charge in [-0.05, 0) is 50.5 Å². The van der Waals surface area contributed by atoms with E-state index >= 15 is 0 Å². The standard InChI is InChI=1S/C22H23F3N4O3/c1-3-31-17-8-5-13(9-18(17)32-4-2)12-26-21(30)16-11-20-27-15(14-6-7-14)10-19(22(23,24)25)29(20)28-16/h5,8-11,14H,3-4,6-7,12H2,1-2H3,(H,26,30). The van der Waals surface area contributed by atoms with E-state index in [1.54, 1.807) is 18.2 Å². The Bertz CT molecular complexity index is 1140. The fourth-order valence-electron chi connectivity index (χ4n) is 3.37. The zero-order chi connectivity index (χ0) is 22.9. The smallest absolute Gasteiger partial charge is 0.433 e. The van der Waals surface area contributed by atoms with E-state index in [4.69, 9.17) is 9.47 Å². The topological polar surface area (TPSA) is 77.8 Å². The van der Waals surface area contributed by atoms with E-state index in [-0.39, 0.29) is 23.8 Å². The molecule has 1 saturated carbocycles. The van der Waals surface area contributed by atoms with Crippen LogP contribution in [0.3, 0.4) is 0 Å². The van der Waals surface area contributed by atoms with Gasteiger partial charge in [0.05, 0.1) is 13.2 Å². The van der Waals surface area contributed by atoms with Crippen LogP contribution >= 0.6 is 0 Å². The lowest BCUT2D eigenvalue weighted by atomic mass is 10.2. The maximum atomic E-state index is 13.5. The second-order valence-electron chi connectivity index (χ2n) is 7.47. The molecule has 10 heteroatoms. The summed E-state index contributed by atoms with van der Waals surface area (Å²) in [5.74, 6) is 0.596. The summed E-state index contributed by atoms with van der Waals surface area (Å²) in [6, 6.07) is 7.58. The lowest BCUT2D eigenvalue weighted by Gasteiger charge is -2.12. The van der Waals surface area contributed by atoms with Crippen molar-refractivity contribution in [2.45, 2.75) is 45.3 Å². The van der Waals surface area contributed by atoms with E-state index in [0.717, 1.165) is 24.5 Å². The van der Waals surface area contributed by atoms with Crippen molar-refractivity contribution in [1.29, 1.82) is 0 Å². The van der Waals surface area contributed by atoms with Gasteiger partial charge < -0.3 is 14.8 Å². The van der Waals surface area contributed by atoms with Gasteiger partial charge in [-0.3, -0.25) is 4.79 Å². The molecule has 3 aromatic rings. The molecular weight excluding hydrogens is 425 g/mol. The number of aromatic nitrogens is 3. The first kappa shape index (κ1) is 21.9. The number of halogens is 3. The van der Waals surface area contributed by atoms with Gasteiger partial charge in [-0.25, -0.2) is 9.50 Å². The molecule has 0 radical (unpaired) electrons. The number of hydrogen-bond donors (Lipinski definition) is 1. The second-order valence-corrected chi connectivity index (χ2v) is 7.47. The van der Waals surface area contributed by atoms with Gasteiger partial charge in [0.15, 0.2) is 22.8 Å². The number of benzene rings is 1. The molecule has 0 spiro atoms. The minimum Gasteiger partial charge on any atom is -0.490 e. The van der Waals surface area contributed by atoms with Crippen LogP contribution in [0, 0.1) is 0 Å². The molecule has 1 fully saturated rings. The summed E-state index contributed by atoms with van der Waals surface area (Å²) in [6.45, 7) is 4.80. The van der Waals surface area contributed by atoms with Crippen LogP contribution in [-0.2, 0) is 12.7 Å². The molecule has 0 bridgehead atoms. The van der Waals surface area contributed by atoms with E-state index in [2.05, 4.69) is 15.4 Å². The highest BCUT2D eigenvalue weighted by Crippen LogP contribution is 2.41. The fraction of sp³-hybridized carbons (Fsp3) is 0.409. The molecule has 1 aliphatic rings. The van der Waals surface area contributed by atoms with E-state index in [1.165, 1.54) is 6.07 Å². The van der Waals surface area contributed by atoms with Crippen molar-refractivity contribution >= 4 is 11.6 Å². The Morgan fingerprint density at radius 1 is 1.12 bits per heavy atom. The van der Waals surface area contributed by atoms with Crippen LogP contribution < -0.4 is 14.8 Å². The molecule has 1 aliphatic carbocycles. The molecule has 0 unspecified atom stereocenters. The van der Waals surface area contributed by atoms with E-state index in [1.807, 2.05) is 13.8 Å². The van der Waals surface area contributed by atoms with Gasteiger partial charge in [0.2, 0.25) is 0 Å². The predicted octanol–water partition coefficient (Wildman–Crippen LogP) is 4.35. The van der Waals surface area contributed by atoms with Crippen molar-refractivity contribution in [3.63, 3.8) is 0 Å². The first-order chi connectivity index (χ1) is 15.3. The third-order valence-corrected chi connectivity index (χ3v) is 5.03. The normalized spacial score (nSPS) is 13.9. The molecule has 4 rings (SSSR count). The first-order valence-electron chi connectivity index (χ1n) is 10.4. The van der Waals surface area contributed by atoms with Crippen LogP contribution in [0.1, 0.15) is 60.0 Å². The molecular formula is C22H23F3N4O3. The number of nitrogens with zero attached hydrogens (tertiary/aromatic N) is 3. The summed E-state index contributed by atoms with van der Waals surface area (Å²) >= 11 is 0.